The van der Waals surface area contributed by atoms with E-state index in [1.54, 1.807) is 0 Å². The van der Waals surface area contributed by atoms with E-state index in [9.17, 15) is 0 Å². The first-order valence-electron chi connectivity index (χ1n) is 6.27. The lowest BCUT2D eigenvalue weighted by atomic mass is 10.2. The number of likely N-dealkylation sites (tertiary alicyclic amines) is 1. The van der Waals surface area contributed by atoms with Gasteiger partial charge in [0.05, 0.1) is 0 Å². The van der Waals surface area contributed by atoms with E-state index in [0.29, 0.717) is 0 Å². The minimum atomic E-state index is 0.989. The van der Waals surface area contributed by atoms with E-state index in [-0.39, 0.29) is 0 Å². The first-order valence-corrected chi connectivity index (χ1v) is 6.27. The Kier molecular flexibility index (Phi) is 3.82. The van der Waals surface area contributed by atoms with Gasteiger partial charge in [0.2, 0.25) is 0 Å². The zero-order chi connectivity index (χ0) is 9.80. The molecule has 2 aliphatic rings. The van der Waals surface area contributed by atoms with E-state index in [4.69, 9.17) is 0 Å². The Balaban J connectivity index is 1.65. The number of nitrogens with one attached hydrogen (secondary N) is 1. The van der Waals surface area contributed by atoms with Crippen LogP contribution in [0.3, 0.4) is 0 Å². The lowest BCUT2D eigenvalue weighted by molar-refractivity contribution is 0.268. The van der Waals surface area contributed by atoms with Gasteiger partial charge in [-0.05, 0) is 57.8 Å². The van der Waals surface area contributed by atoms with Gasteiger partial charge in [0.25, 0.3) is 0 Å². The topological polar surface area (TPSA) is 15.3 Å². The highest BCUT2D eigenvalue weighted by Gasteiger charge is 2.37. The summed E-state index contributed by atoms with van der Waals surface area (Å²) in [4.78, 5) is 2.70. The molecule has 0 aromatic heterocycles. The first-order chi connectivity index (χ1) is 6.90. The molecule has 0 aromatic rings. The largest absolute Gasteiger partial charge is 0.319 e. The van der Waals surface area contributed by atoms with Gasteiger partial charge in [-0.1, -0.05) is 12.8 Å². The SMILES string of the molecule is CNC[C@H]1C[C@@H]1CN1CCCCCC1. The summed E-state index contributed by atoms with van der Waals surface area (Å²) >= 11 is 0. The Morgan fingerprint density at radius 1 is 1.07 bits per heavy atom. The summed E-state index contributed by atoms with van der Waals surface area (Å²) in [6, 6.07) is 0. The van der Waals surface area contributed by atoms with Gasteiger partial charge in [-0.3, -0.25) is 0 Å². The molecule has 0 radical (unpaired) electrons. The van der Waals surface area contributed by atoms with Crippen LogP contribution in [0.1, 0.15) is 32.1 Å². The van der Waals surface area contributed by atoms with Crippen molar-refractivity contribution in [2.75, 3.05) is 33.2 Å². The van der Waals surface area contributed by atoms with Crippen molar-refractivity contribution in [2.45, 2.75) is 32.1 Å². The summed E-state index contributed by atoms with van der Waals surface area (Å²) in [7, 11) is 2.07. The second kappa shape index (κ2) is 5.13. The number of hydrogen-bond acceptors (Lipinski definition) is 2. The zero-order valence-corrected chi connectivity index (χ0v) is 9.47. The van der Waals surface area contributed by atoms with Crippen molar-refractivity contribution < 1.29 is 0 Å². The minimum Gasteiger partial charge on any atom is -0.319 e. The molecule has 1 saturated heterocycles. The monoisotopic (exact) mass is 196 g/mol. The Hall–Kier alpha value is -0.0800. The molecule has 1 saturated carbocycles. The third-order valence-electron chi connectivity index (χ3n) is 3.73. The molecule has 2 rings (SSSR count). The molecule has 14 heavy (non-hydrogen) atoms. The second-order valence-electron chi connectivity index (χ2n) is 5.03. The third kappa shape index (κ3) is 2.96. The maximum Gasteiger partial charge on any atom is 0.00129 e. The van der Waals surface area contributed by atoms with Crippen LogP contribution < -0.4 is 5.32 Å². The van der Waals surface area contributed by atoms with Gasteiger partial charge in [-0.25, -0.2) is 0 Å². The van der Waals surface area contributed by atoms with Crippen LogP contribution in [-0.2, 0) is 0 Å². The molecule has 0 spiro atoms. The van der Waals surface area contributed by atoms with Gasteiger partial charge in [0.15, 0.2) is 0 Å². The van der Waals surface area contributed by atoms with Crippen LogP contribution in [0.25, 0.3) is 0 Å². The molecule has 0 amide bonds. The first kappa shape index (κ1) is 10.4. The molecule has 2 heteroatoms. The van der Waals surface area contributed by atoms with E-state index < -0.39 is 0 Å². The van der Waals surface area contributed by atoms with E-state index >= 15 is 0 Å². The Bertz CT molecular complexity index is 162. The fourth-order valence-electron chi connectivity index (χ4n) is 2.70. The number of nitrogens with zero attached hydrogens (tertiary/aromatic N) is 1. The zero-order valence-electron chi connectivity index (χ0n) is 9.47. The highest BCUT2D eigenvalue weighted by molar-refractivity contribution is 4.89. The maximum absolute atomic E-state index is 3.29. The van der Waals surface area contributed by atoms with Gasteiger partial charge in [0.1, 0.15) is 0 Å². The van der Waals surface area contributed by atoms with Crippen LogP contribution >= 0.6 is 0 Å². The fourth-order valence-corrected chi connectivity index (χ4v) is 2.70. The summed E-state index contributed by atoms with van der Waals surface area (Å²) in [5.41, 5.74) is 0. The van der Waals surface area contributed by atoms with Crippen molar-refractivity contribution in [3.05, 3.63) is 0 Å². The molecule has 2 fully saturated rings. The molecule has 1 aliphatic heterocycles. The van der Waals surface area contributed by atoms with Gasteiger partial charge in [0, 0.05) is 6.54 Å². The van der Waals surface area contributed by atoms with Gasteiger partial charge in [-0.15, -0.1) is 0 Å². The Morgan fingerprint density at radius 3 is 2.43 bits per heavy atom. The summed E-state index contributed by atoms with van der Waals surface area (Å²) in [5.74, 6) is 2.00. The smallest absolute Gasteiger partial charge is 0.00129 e. The van der Waals surface area contributed by atoms with E-state index in [0.717, 1.165) is 11.8 Å². The van der Waals surface area contributed by atoms with Crippen LogP contribution in [0.5, 0.6) is 0 Å². The van der Waals surface area contributed by atoms with Crippen LogP contribution in [0.15, 0.2) is 0 Å². The van der Waals surface area contributed by atoms with Crippen LogP contribution in [0.4, 0.5) is 0 Å². The lowest BCUT2D eigenvalue weighted by Crippen LogP contribution is -2.27. The standard InChI is InChI=1S/C12H24N2/c1-13-9-11-8-12(11)10-14-6-4-2-3-5-7-14/h11-13H,2-10H2,1H3/t11-,12-/m1/s1. The third-order valence-corrected chi connectivity index (χ3v) is 3.73. The molecule has 82 valence electrons. The lowest BCUT2D eigenvalue weighted by Gasteiger charge is -2.19. The summed E-state index contributed by atoms with van der Waals surface area (Å²) in [6.45, 7) is 5.34. The molecule has 1 heterocycles. The molecule has 1 aliphatic carbocycles. The maximum atomic E-state index is 3.29. The fraction of sp³-hybridized carbons (Fsp3) is 1.00. The summed E-state index contributed by atoms with van der Waals surface area (Å²) in [5, 5.41) is 3.29. The van der Waals surface area contributed by atoms with Crippen molar-refractivity contribution in [3.8, 4) is 0 Å². The molecule has 2 nitrogen and oxygen atoms in total. The molecule has 2 atom stereocenters. The van der Waals surface area contributed by atoms with E-state index in [1.165, 1.54) is 58.3 Å². The quantitative estimate of drug-likeness (QED) is 0.736. The minimum absolute atomic E-state index is 0.989. The van der Waals surface area contributed by atoms with Gasteiger partial charge >= 0.3 is 0 Å². The predicted octanol–water partition coefficient (Wildman–Crippen LogP) is 1.72. The van der Waals surface area contributed by atoms with E-state index in [1.807, 2.05) is 0 Å². The van der Waals surface area contributed by atoms with Gasteiger partial charge < -0.3 is 10.2 Å². The van der Waals surface area contributed by atoms with Crippen molar-refractivity contribution in [1.29, 1.82) is 0 Å². The molecule has 0 unspecified atom stereocenters. The van der Waals surface area contributed by atoms with Crippen molar-refractivity contribution in [3.63, 3.8) is 0 Å². The molecule has 0 bridgehead atoms. The Labute approximate surface area is 88.1 Å². The number of hydrogen-bond donors (Lipinski definition) is 1. The second-order valence-corrected chi connectivity index (χ2v) is 5.03. The normalized spacial score (nSPS) is 34.1. The summed E-state index contributed by atoms with van der Waals surface area (Å²) in [6.07, 6.45) is 7.26. The molecular formula is C12H24N2. The van der Waals surface area contributed by atoms with Crippen LogP contribution in [0.2, 0.25) is 0 Å². The van der Waals surface area contributed by atoms with Crippen molar-refractivity contribution in [1.82, 2.24) is 10.2 Å². The highest BCUT2D eigenvalue weighted by atomic mass is 15.1. The average molecular weight is 196 g/mol. The van der Waals surface area contributed by atoms with Crippen LogP contribution in [-0.4, -0.2) is 38.1 Å². The van der Waals surface area contributed by atoms with E-state index in [2.05, 4.69) is 17.3 Å². The molecule has 1 N–H and O–H groups in total. The van der Waals surface area contributed by atoms with Crippen LogP contribution in [0, 0.1) is 11.8 Å². The predicted molar refractivity (Wildman–Crippen MR) is 60.4 cm³/mol. The Morgan fingerprint density at radius 2 is 1.79 bits per heavy atom. The number of rotatable bonds is 4. The average Bonchev–Trinajstić information content (AvgIpc) is 2.93. The van der Waals surface area contributed by atoms with Crippen molar-refractivity contribution >= 4 is 0 Å². The van der Waals surface area contributed by atoms with Gasteiger partial charge in [-0.2, -0.15) is 0 Å². The van der Waals surface area contributed by atoms with Crippen molar-refractivity contribution in [2.24, 2.45) is 11.8 Å². The highest BCUT2D eigenvalue weighted by Crippen LogP contribution is 2.38. The molecule has 0 aromatic carbocycles. The molecular weight excluding hydrogens is 172 g/mol. The summed E-state index contributed by atoms with van der Waals surface area (Å²) < 4.78 is 0.